The summed E-state index contributed by atoms with van der Waals surface area (Å²) in [6.45, 7) is 2.26. The molecule has 0 aliphatic heterocycles. The molecule has 0 aliphatic rings. The lowest BCUT2D eigenvalue weighted by atomic mass is 10.0. The van der Waals surface area contributed by atoms with E-state index in [0.29, 0.717) is 0 Å². The molecule has 1 heteroatoms. The zero-order chi connectivity index (χ0) is 10.9. The number of unbranched alkanes of at least 4 members (excludes halogenated alkanes) is 4. The lowest BCUT2D eigenvalue weighted by molar-refractivity contribution is 0.632. The van der Waals surface area contributed by atoms with Gasteiger partial charge in [0.05, 0.1) is 0 Å². The van der Waals surface area contributed by atoms with Crippen molar-refractivity contribution in [3.8, 4) is 0 Å². The molecule has 0 saturated carbocycles. The molecule has 0 fully saturated rings. The van der Waals surface area contributed by atoms with Gasteiger partial charge in [0.2, 0.25) is 0 Å². The Kier molecular flexibility index (Phi) is 5.91. The van der Waals surface area contributed by atoms with Crippen LogP contribution in [0.3, 0.4) is 0 Å². The minimum atomic E-state index is 1.21. The number of anilines is 1. The van der Waals surface area contributed by atoms with Crippen molar-refractivity contribution < 1.29 is 0 Å². The van der Waals surface area contributed by atoms with E-state index in [0.717, 1.165) is 0 Å². The average Bonchev–Trinajstić information content (AvgIpc) is 2.29. The first-order valence-electron chi connectivity index (χ1n) is 6.14. The van der Waals surface area contributed by atoms with Crippen LogP contribution >= 0.6 is 0 Å². The van der Waals surface area contributed by atoms with E-state index in [1.54, 1.807) is 0 Å². The summed E-state index contributed by atoms with van der Waals surface area (Å²) in [5, 5.41) is 3.25. The third-order valence-electron chi connectivity index (χ3n) is 2.84. The first-order chi connectivity index (χ1) is 7.38. The summed E-state index contributed by atoms with van der Waals surface area (Å²) in [4.78, 5) is 0. The Morgan fingerprint density at radius 2 is 1.73 bits per heavy atom. The van der Waals surface area contributed by atoms with E-state index in [2.05, 4.69) is 36.5 Å². The molecule has 0 atom stereocenters. The Labute approximate surface area is 93.9 Å². The van der Waals surface area contributed by atoms with Crippen molar-refractivity contribution in [2.75, 3.05) is 12.4 Å². The SMILES string of the molecule is CCCCCCCc1ccccc1NC. The van der Waals surface area contributed by atoms with E-state index < -0.39 is 0 Å². The van der Waals surface area contributed by atoms with Crippen molar-refractivity contribution in [3.05, 3.63) is 29.8 Å². The summed E-state index contributed by atoms with van der Waals surface area (Å²) in [5.41, 5.74) is 2.74. The maximum atomic E-state index is 3.25. The summed E-state index contributed by atoms with van der Waals surface area (Å²) < 4.78 is 0. The van der Waals surface area contributed by atoms with Crippen LogP contribution < -0.4 is 5.32 Å². The highest BCUT2D eigenvalue weighted by Crippen LogP contribution is 2.17. The molecule has 0 aromatic heterocycles. The third-order valence-corrected chi connectivity index (χ3v) is 2.84. The van der Waals surface area contributed by atoms with E-state index in [-0.39, 0.29) is 0 Å². The number of benzene rings is 1. The van der Waals surface area contributed by atoms with Gasteiger partial charge in [-0.05, 0) is 24.5 Å². The standard InChI is InChI=1S/C14H23N/c1-3-4-5-6-7-10-13-11-8-9-12-14(13)15-2/h8-9,11-12,15H,3-7,10H2,1-2H3. The van der Waals surface area contributed by atoms with Gasteiger partial charge in [0.25, 0.3) is 0 Å². The second-order valence-corrected chi connectivity index (χ2v) is 4.07. The van der Waals surface area contributed by atoms with Crippen LogP contribution in [0.25, 0.3) is 0 Å². The van der Waals surface area contributed by atoms with Gasteiger partial charge < -0.3 is 5.32 Å². The van der Waals surface area contributed by atoms with Crippen molar-refractivity contribution in [2.45, 2.75) is 45.4 Å². The van der Waals surface area contributed by atoms with Crippen molar-refractivity contribution in [1.29, 1.82) is 0 Å². The van der Waals surface area contributed by atoms with Crippen LogP contribution in [0.5, 0.6) is 0 Å². The second-order valence-electron chi connectivity index (χ2n) is 4.07. The minimum Gasteiger partial charge on any atom is -0.388 e. The number of para-hydroxylation sites is 1. The van der Waals surface area contributed by atoms with E-state index in [4.69, 9.17) is 0 Å². The summed E-state index contributed by atoms with van der Waals surface area (Å²) in [6, 6.07) is 8.60. The Morgan fingerprint density at radius 3 is 2.47 bits per heavy atom. The Morgan fingerprint density at radius 1 is 1.00 bits per heavy atom. The predicted octanol–water partition coefficient (Wildman–Crippen LogP) is 4.24. The van der Waals surface area contributed by atoms with Gasteiger partial charge in [-0.3, -0.25) is 0 Å². The van der Waals surface area contributed by atoms with Crippen LogP contribution in [0.15, 0.2) is 24.3 Å². The number of rotatable bonds is 7. The van der Waals surface area contributed by atoms with Crippen molar-refractivity contribution in [2.24, 2.45) is 0 Å². The minimum absolute atomic E-state index is 1.21. The van der Waals surface area contributed by atoms with Crippen LogP contribution in [0.4, 0.5) is 5.69 Å². The van der Waals surface area contributed by atoms with Gasteiger partial charge in [0.1, 0.15) is 0 Å². The first kappa shape index (κ1) is 12.1. The molecule has 0 radical (unpaired) electrons. The molecule has 0 spiro atoms. The van der Waals surface area contributed by atoms with Crippen LogP contribution in [-0.2, 0) is 6.42 Å². The van der Waals surface area contributed by atoms with Crippen molar-refractivity contribution in [3.63, 3.8) is 0 Å². The highest BCUT2D eigenvalue weighted by Gasteiger charge is 1.98. The molecule has 1 nitrogen and oxygen atoms in total. The van der Waals surface area contributed by atoms with Gasteiger partial charge in [0.15, 0.2) is 0 Å². The molecule has 1 N–H and O–H groups in total. The molecule has 84 valence electrons. The Bertz CT molecular complexity index is 268. The molecule has 0 aliphatic carbocycles. The number of aryl methyl sites for hydroxylation is 1. The molecule has 1 aromatic carbocycles. The molecule has 0 saturated heterocycles. The molecule has 15 heavy (non-hydrogen) atoms. The molecular weight excluding hydrogens is 182 g/mol. The lowest BCUT2D eigenvalue weighted by Gasteiger charge is -2.08. The van der Waals surface area contributed by atoms with Gasteiger partial charge in [-0.1, -0.05) is 50.8 Å². The highest BCUT2D eigenvalue weighted by molar-refractivity contribution is 5.50. The number of hydrogen-bond donors (Lipinski definition) is 1. The highest BCUT2D eigenvalue weighted by atomic mass is 14.8. The van der Waals surface area contributed by atoms with Crippen LogP contribution in [0.2, 0.25) is 0 Å². The van der Waals surface area contributed by atoms with Crippen LogP contribution in [-0.4, -0.2) is 7.05 Å². The Balaban J connectivity index is 2.30. The zero-order valence-electron chi connectivity index (χ0n) is 10.1. The Hall–Kier alpha value is -0.980. The maximum Gasteiger partial charge on any atom is 0.0370 e. The lowest BCUT2D eigenvalue weighted by Crippen LogP contribution is -1.95. The van der Waals surface area contributed by atoms with Crippen LogP contribution in [0, 0.1) is 0 Å². The fourth-order valence-electron chi connectivity index (χ4n) is 1.90. The van der Waals surface area contributed by atoms with E-state index >= 15 is 0 Å². The summed E-state index contributed by atoms with van der Waals surface area (Å²) >= 11 is 0. The molecular formula is C14H23N. The van der Waals surface area contributed by atoms with Gasteiger partial charge >= 0.3 is 0 Å². The normalized spacial score (nSPS) is 10.3. The molecule has 1 rings (SSSR count). The van der Waals surface area contributed by atoms with Crippen molar-refractivity contribution >= 4 is 5.69 Å². The fourth-order valence-corrected chi connectivity index (χ4v) is 1.90. The predicted molar refractivity (Wildman–Crippen MR) is 68.5 cm³/mol. The molecule has 0 amide bonds. The number of hydrogen-bond acceptors (Lipinski definition) is 1. The molecule has 0 bridgehead atoms. The van der Waals surface area contributed by atoms with E-state index in [1.807, 2.05) is 7.05 Å². The van der Waals surface area contributed by atoms with Crippen LogP contribution in [0.1, 0.15) is 44.6 Å². The van der Waals surface area contributed by atoms with E-state index in [1.165, 1.54) is 49.8 Å². The van der Waals surface area contributed by atoms with Gasteiger partial charge in [-0.25, -0.2) is 0 Å². The van der Waals surface area contributed by atoms with Crippen molar-refractivity contribution in [1.82, 2.24) is 0 Å². The average molecular weight is 205 g/mol. The summed E-state index contributed by atoms with van der Waals surface area (Å²) in [5.74, 6) is 0. The molecule has 0 heterocycles. The largest absolute Gasteiger partial charge is 0.388 e. The second kappa shape index (κ2) is 7.33. The number of nitrogens with one attached hydrogen (secondary N) is 1. The van der Waals surface area contributed by atoms with Gasteiger partial charge in [-0.2, -0.15) is 0 Å². The first-order valence-corrected chi connectivity index (χ1v) is 6.14. The quantitative estimate of drug-likeness (QED) is 0.656. The maximum absolute atomic E-state index is 3.25. The summed E-state index contributed by atoms with van der Waals surface area (Å²) in [7, 11) is 2.00. The van der Waals surface area contributed by atoms with E-state index in [9.17, 15) is 0 Å². The monoisotopic (exact) mass is 205 g/mol. The zero-order valence-corrected chi connectivity index (χ0v) is 10.1. The molecule has 1 aromatic rings. The fraction of sp³-hybridized carbons (Fsp3) is 0.571. The third kappa shape index (κ3) is 4.37. The summed E-state index contributed by atoms with van der Waals surface area (Å²) in [6.07, 6.45) is 7.99. The van der Waals surface area contributed by atoms with Gasteiger partial charge in [0, 0.05) is 12.7 Å². The smallest absolute Gasteiger partial charge is 0.0370 e. The molecule has 0 unspecified atom stereocenters. The topological polar surface area (TPSA) is 12.0 Å². The van der Waals surface area contributed by atoms with Gasteiger partial charge in [-0.15, -0.1) is 0 Å².